The number of hydrogen-bond acceptors (Lipinski definition) is 3. The predicted octanol–water partition coefficient (Wildman–Crippen LogP) is 3.71. The van der Waals surface area contributed by atoms with Crippen LogP contribution >= 0.6 is 0 Å². The molecule has 3 aromatic heterocycles. The zero-order valence-corrected chi connectivity index (χ0v) is 13.9. The third-order valence-corrected chi connectivity index (χ3v) is 4.04. The van der Waals surface area contributed by atoms with Crippen LogP contribution in [0.15, 0.2) is 71.4 Å². The molecule has 130 valence electrons. The fourth-order valence-electron chi connectivity index (χ4n) is 2.73. The van der Waals surface area contributed by atoms with E-state index in [0.717, 1.165) is 16.9 Å². The van der Waals surface area contributed by atoms with Crippen molar-refractivity contribution in [2.75, 3.05) is 6.54 Å². The summed E-state index contributed by atoms with van der Waals surface area (Å²) >= 11 is 0. The summed E-state index contributed by atoms with van der Waals surface area (Å²) in [5, 5.41) is 2.82. The Balaban J connectivity index is 1.37. The lowest BCUT2D eigenvalue weighted by Crippen LogP contribution is -2.25. The molecule has 1 N–H and O–H groups in total. The molecule has 0 aliphatic rings. The summed E-state index contributed by atoms with van der Waals surface area (Å²) in [5.41, 5.74) is 2.50. The van der Waals surface area contributed by atoms with E-state index in [-0.39, 0.29) is 17.5 Å². The van der Waals surface area contributed by atoms with Gasteiger partial charge < -0.3 is 14.1 Å². The molecule has 0 radical (unpaired) electrons. The van der Waals surface area contributed by atoms with Crippen LogP contribution in [0.25, 0.3) is 17.0 Å². The molecule has 0 saturated heterocycles. The summed E-state index contributed by atoms with van der Waals surface area (Å²) in [6, 6.07) is 15.0. The van der Waals surface area contributed by atoms with E-state index in [1.165, 1.54) is 12.1 Å². The minimum atomic E-state index is -0.315. The van der Waals surface area contributed by atoms with E-state index >= 15 is 0 Å². The number of imidazole rings is 1. The highest BCUT2D eigenvalue weighted by molar-refractivity contribution is 5.92. The van der Waals surface area contributed by atoms with Crippen molar-refractivity contribution >= 4 is 11.6 Å². The van der Waals surface area contributed by atoms with Crippen molar-refractivity contribution in [2.45, 2.75) is 6.42 Å². The molecule has 0 spiro atoms. The molecule has 3 heterocycles. The van der Waals surface area contributed by atoms with Crippen molar-refractivity contribution in [3.8, 4) is 11.3 Å². The smallest absolute Gasteiger partial charge is 0.287 e. The molecule has 4 rings (SSSR count). The summed E-state index contributed by atoms with van der Waals surface area (Å²) in [6.07, 6.45) is 4.50. The summed E-state index contributed by atoms with van der Waals surface area (Å²) in [4.78, 5) is 16.7. The van der Waals surface area contributed by atoms with Gasteiger partial charge in [-0.1, -0.05) is 6.07 Å². The summed E-state index contributed by atoms with van der Waals surface area (Å²) < 4.78 is 20.5. The first kappa shape index (κ1) is 16.1. The Labute approximate surface area is 149 Å². The minimum Gasteiger partial charge on any atom is -0.451 e. The van der Waals surface area contributed by atoms with Crippen LogP contribution in [0.3, 0.4) is 0 Å². The van der Waals surface area contributed by atoms with Crippen molar-refractivity contribution in [1.82, 2.24) is 14.7 Å². The van der Waals surface area contributed by atoms with Crippen molar-refractivity contribution in [3.63, 3.8) is 0 Å². The molecule has 0 unspecified atom stereocenters. The minimum absolute atomic E-state index is 0.222. The second-order valence-corrected chi connectivity index (χ2v) is 5.88. The largest absolute Gasteiger partial charge is 0.451 e. The van der Waals surface area contributed by atoms with Gasteiger partial charge in [-0.3, -0.25) is 4.79 Å². The van der Waals surface area contributed by atoms with Crippen molar-refractivity contribution in [2.24, 2.45) is 0 Å². The van der Waals surface area contributed by atoms with E-state index in [0.29, 0.717) is 18.7 Å². The van der Waals surface area contributed by atoms with Crippen LogP contribution in [0.1, 0.15) is 16.2 Å². The van der Waals surface area contributed by atoms with Gasteiger partial charge >= 0.3 is 0 Å². The third-order valence-electron chi connectivity index (χ3n) is 4.04. The van der Waals surface area contributed by atoms with Gasteiger partial charge in [-0.05, 0) is 48.5 Å². The SMILES string of the molecule is O=C(NCCc1cn2ccccc2n1)c1ccc(-c2ccc(F)cc2)o1. The molecule has 0 atom stereocenters. The fourth-order valence-corrected chi connectivity index (χ4v) is 2.73. The lowest BCUT2D eigenvalue weighted by Gasteiger charge is -2.01. The summed E-state index contributed by atoms with van der Waals surface area (Å²) in [5.74, 6) is 0.141. The third kappa shape index (κ3) is 3.35. The van der Waals surface area contributed by atoms with Gasteiger partial charge in [0.25, 0.3) is 5.91 Å². The van der Waals surface area contributed by atoms with Crippen molar-refractivity contribution < 1.29 is 13.6 Å². The average Bonchev–Trinajstić information content (AvgIpc) is 3.29. The molecule has 1 aromatic carbocycles. The number of aromatic nitrogens is 2. The van der Waals surface area contributed by atoms with E-state index < -0.39 is 0 Å². The zero-order valence-electron chi connectivity index (χ0n) is 13.9. The number of furan rings is 1. The monoisotopic (exact) mass is 349 g/mol. The number of pyridine rings is 1. The molecule has 6 heteroatoms. The van der Waals surface area contributed by atoms with Crippen LogP contribution in [-0.2, 0) is 6.42 Å². The van der Waals surface area contributed by atoms with Crippen molar-refractivity contribution in [3.05, 3.63) is 84.3 Å². The summed E-state index contributed by atoms with van der Waals surface area (Å²) in [7, 11) is 0. The number of nitrogens with one attached hydrogen (secondary N) is 1. The number of fused-ring (bicyclic) bond motifs is 1. The summed E-state index contributed by atoms with van der Waals surface area (Å²) in [6.45, 7) is 0.454. The maximum atomic E-state index is 13.0. The van der Waals surface area contributed by atoms with Crippen LogP contribution in [-0.4, -0.2) is 21.8 Å². The van der Waals surface area contributed by atoms with Crippen LogP contribution in [0.5, 0.6) is 0 Å². The lowest BCUT2D eigenvalue weighted by atomic mass is 10.2. The second kappa shape index (κ2) is 6.84. The van der Waals surface area contributed by atoms with E-state index in [1.807, 2.05) is 35.0 Å². The molecule has 1 amide bonds. The highest BCUT2D eigenvalue weighted by Crippen LogP contribution is 2.22. The van der Waals surface area contributed by atoms with Gasteiger partial charge in [0.15, 0.2) is 5.76 Å². The topological polar surface area (TPSA) is 59.5 Å². The van der Waals surface area contributed by atoms with Crippen LogP contribution in [0, 0.1) is 5.82 Å². The van der Waals surface area contributed by atoms with Crippen LogP contribution in [0.2, 0.25) is 0 Å². The first-order chi connectivity index (χ1) is 12.7. The van der Waals surface area contributed by atoms with E-state index in [1.54, 1.807) is 24.3 Å². The average molecular weight is 349 g/mol. The number of rotatable bonds is 5. The van der Waals surface area contributed by atoms with Gasteiger partial charge in [-0.2, -0.15) is 0 Å². The Hall–Kier alpha value is -3.41. The number of benzene rings is 1. The number of hydrogen-bond donors (Lipinski definition) is 1. The highest BCUT2D eigenvalue weighted by Gasteiger charge is 2.12. The second-order valence-electron chi connectivity index (χ2n) is 5.88. The standard InChI is InChI=1S/C20H16FN3O2/c21-15-6-4-14(5-7-15)17-8-9-18(26-17)20(25)22-11-10-16-13-24-12-2-1-3-19(24)23-16/h1-9,12-13H,10-11H2,(H,22,25). The van der Waals surface area contributed by atoms with Gasteiger partial charge in [0.05, 0.1) is 5.69 Å². The van der Waals surface area contributed by atoms with E-state index in [9.17, 15) is 9.18 Å². The van der Waals surface area contributed by atoms with Crippen LogP contribution < -0.4 is 5.32 Å². The Morgan fingerprint density at radius 2 is 1.96 bits per heavy atom. The first-order valence-corrected chi connectivity index (χ1v) is 8.26. The Kier molecular flexibility index (Phi) is 4.23. The fraction of sp³-hybridized carbons (Fsp3) is 0.100. The maximum absolute atomic E-state index is 13.0. The molecule has 5 nitrogen and oxygen atoms in total. The molecule has 0 bridgehead atoms. The number of amides is 1. The van der Waals surface area contributed by atoms with Gasteiger partial charge in [-0.15, -0.1) is 0 Å². The molecule has 4 aromatic rings. The number of carbonyl (C=O) groups is 1. The Morgan fingerprint density at radius 1 is 1.12 bits per heavy atom. The van der Waals surface area contributed by atoms with Crippen LogP contribution in [0.4, 0.5) is 4.39 Å². The first-order valence-electron chi connectivity index (χ1n) is 8.26. The maximum Gasteiger partial charge on any atom is 0.287 e. The molecular formula is C20H16FN3O2. The zero-order chi connectivity index (χ0) is 17.9. The van der Waals surface area contributed by atoms with Gasteiger partial charge in [0.2, 0.25) is 0 Å². The normalized spacial score (nSPS) is 11.0. The number of nitrogens with zero attached hydrogens (tertiary/aromatic N) is 2. The molecular weight excluding hydrogens is 333 g/mol. The quantitative estimate of drug-likeness (QED) is 0.598. The van der Waals surface area contributed by atoms with E-state index in [2.05, 4.69) is 10.3 Å². The van der Waals surface area contributed by atoms with E-state index in [4.69, 9.17) is 4.42 Å². The van der Waals surface area contributed by atoms with Gasteiger partial charge in [0, 0.05) is 30.9 Å². The number of carbonyl (C=O) groups excluding carboxylic acids is 1. The van der Waals surface area contributed by atoms with Crippen molar-refractivity contribution in [1.29, 1.82) is 0 Å². The lowest BCUT2D eigenvalue weighted by molar-refractivity contribution is 0.0927. The van der Waals surface area contributed by atoms with Gasteiger partial charge in [0.1, 0.15) is 17.2 Å². The van der Waals surface area contributed by atoms with Gasteiger partial charge in [-0.25, -0.2) is 9.37 Å². The highest BCUT2D eigenvalue weighted by atomic mass is 19.1. The molecule has 0 aliphatic carbocycles. The number of halogens is 1. The Bertz CT molecular complexity index is 1020. The molecule has 26 heavy (non-hydrogen) atoms. The predicted molar refractivity (Wildman–Crippen MR) is 95.3 cm³/mol. The Morgan fingerprint density at radius 3 is 2.77 bits per heavy atom. The molecule has 0 fully saturated rings. The molecule has 0 aliphatic heterocycles. The molecule has 0 saturated carbocycles.